The molecule has 0 fully saturated rings. The van der Waals surface area contributed by atoms with E-state index in [0.29, 0.717) is 17.8 Å². The molecule has 2 aromatic rings. The summed E-state index contributed by atoms with van der Waals surface area (Å²) >= 11 is 0. The Morgan fingerprint density at radius 1 is 1.41 bits per heavy atom. The third-order valence-electron chi connectivity index (χ3n) is 2.77. The van der Waals surface area contributed by atoms with Crippen molar-refractivity contribution in [2.45, 2.75) is 33.7 Å². The van der Waals surface area contributed by atoms with Crippen molar-refractivity contribution in [1.29, 1.82) is 0 Å². The number of nitrogens with zero attached hydrogens (tertiary/aromatic N) is 3. The lowest BCUT2D eigenvalue weighted by Gasteiger charge is -2.04. The minimum Gasteiger partial charge on any atom is -0.310 e. The maximum Gasteiger partial charge on any atom is 0.254 e. The Hall–Kier alpha value is -1.91. The number of aryl methyl sites for hydroxylation is 2. The lowest BCUT2D eigenvalue weighted by Crippen LogP contribution is -2.15. The molecule has 0 amide bonds. The van der Waals surface area contributed by atoms with E-state index in [1.165, 1.54) is 0 Å². The molecule has 0 aliphatic rings. The molecular weight excluding hydrogens is 216 g/mol. The first-order valence-electron chi connectivity index (χ1n) is 5.78. The van der Waals surface area contributed by atoms with Crippen LogP contribution in [-0.4, -0.2) is 19.7 Å². The van der Waals surface area contributed by atoms with Crippen LogP contribution in [0, 0.1) is 6.92 Å². The zero-order chi connectivity index (χ0) is 12.4. The van der Waals surface area contributed by atoms with Gasteiger partial charge in [-0.25, -0.2) is 4.98 Å². The number of H-pyrrole nitrogens is 1. The van der Waals surface area contributed by atoms with Crippen molar-refractivity contribution in [3.63, 3.8) is 0 Å². The number of aromatic nitrogens is 4. The maximum absolute atomic E-state index is 11.7. The Bertz CT molecular complexity index is 582. The first kappa shape index (κ1) is 11.6. The molecule has 0 aliphatic carbocycles. The van der Waals surface area contributed by atoms with E-state index in [2.05, 4.69) is 15.1 Å². The van der Waals surface area contributed by atoms with Gasteiger partial charge in [0.25, 0.3) is 5.56 Å². The number of aromatic amines is 1. The van der Waals surface area contributed by atoms with Gasteiger partial charge in [-0.1, -0.05) is 6.92 Å². The van der Waals surface area contributed by atoms with Crippen LogP contribution in [0.2, 0.25) is 0 Å². The van der Waals surface area contributed by atoms with Crippen molar-refractivity contribution in [1.82, 2.24) is 19.7 Å². The predicted octanol–water partition coefficient (Wildman–Crippen LogP) is 1.52. The van der Waals surface area contributed by atoms with Crippen LogP contribution in [-0.2, 0) is 13.0 Å². The third kappa shape index (κ3) is 2.13. The molecular formula is C12H16N4O. The largest absolute Gasteiger partial charge is 0.310 e. The fraction of sp³-hybridized carbons (Fsp3) is 0.417. The normalized spacial score (nSPS) is 10.8. The van der Waals surface area contributed by atoms with E-state index in [9.17, 15) is 4.79 Å². The molecule has 0 spiro atoms. The number of hydrogen-bond acceptors (Lipinski definition) is 3. The van der Waals surface area contributed by atoms with Crippen LogP contribution >= 0.6 is 0 Å². The lowest BCUT2D eigenvalue weighted by molar-refractivity contribution is 0.660. The van der Waals surface area contributed by atoms with Gasteiger partial charge in [0.15, 0.2) is 0 Å². The Labute approximate surface area is 99.5 Å². The highest BCUT2D eigenvalue weighted by molar-refractivity contribution is 5.60. The van der Waals surface area contributed by atoms with Crippen molar-refractivity contribution in [3.8, 4) is 11.3 Å². The summed E-state index contributed by atoms with van der Waals surface area (Å²) in [4.78, 5) is 19.0. The minimum absolute atomic E-state index is 0.0731. The Morgan fingerprint density at radius 2 is 2.18 bits per heavy atom. The van der Waals surface area contributed by atoms with Gasteiger partial charge in [0.2, 0.25) is 0 Å². The molecule has 17 heavy (non-hydrogen) atoms. The van der Waals surface area contributed by atoms with E-state index in [0.717, 1.165) is 17.8 Å². The molecule has 2 aromatic heterocycles. The number of hydrogen-bond donors (Lipinski definition) is 1. The second-order valence-corrected chi connectivity index (χ2v) is 3.92. The van der Waals surface area contributed by atoms with E-state index in [1.807, 2.05) is 24.7 Å². The van der Waals surface area contributed by atoms with Gasteiger partial charge in [-0.3, -0.25) is 9.48 Å². The van der Waals surface area contributed by atoms with Crippen LogP contribution in [0.1, 0.15) is 25.2 Å². The van der Waals surface area contributed by atoms with Gasteiger partial charge >= 0.3 is 0 Å². The van der Waals surface area contributed by atoms with E-state index >= 15 is 0 Å². The third-order valence-corrected chi connectivity index (χ3v) is 2.77. The van der Waals surface area contributed by atoms with Crippen molar-refractivity contribution in [2.75, 3.05) is 0 Å². The SMILES string of the molecule is CCc1nc(-c2cnn(CC)c2)c(C)c(=O)[nH]1. The zero-order valence-corrected chi connectivity index (χ0v) is 10.3. The standard InChI is InChI=1S/C12H16N4O/c1-4-10-14-11(8(3)12(17)15-10)9-6-13-16(5-2)7-9/h6-7H,4-5H2,1-3H3,(H,14,15,17). The lowest BCUT2D eigenvalue weighted by atomic mass is 10.1. The highest BCUT2D eigenvalue weighted by atomic mass is 16.1. The first-order valence-corrected chi connectivity index (χ1v) is 5.78. The van der Waals surface area contributed by atoms with Crippen LogP contribution in [0.25, 0.3) is 11.3 Å². The smallest absolute Gasteiger partial charge is 0.254 e. The molecule has 0 radical (unpaired) electrons. The molecule has 5 heteroatoms. The molecule has 0 atom stereocenters. The summed E-state index contributed by atoms with van der Waals surface area (Å²) in [6, 6.07) is 0. The van der Waals surface area contributed by atoms with Gasteiger partial charge in [0, 0.05) is 30.3 Å². The average molecular weight is 232 g/mol. The predicted molar refractivity (Wildman–Crippen MR) is 65.9 cm³/mol. The van der Waals surface area contributed by atoms with Crippen molar-refractivity contribution in [2.24, 2.45) is 0 Å². The maximum atomic E-state index is 11.7. The summed E-state index contributed by atoms with van der Waals surface area (Å²) in [6.07, 6.45) is 4.37. The molecule has 0 aliphatic heterocycles. The van der Waals surface area contributed by atoms with Crippen LogP contribution in [0.4, 0.5) is 0 Å². The van der Waals surface area contributed by atoms with Crippen molar-refractivity contribution >= 4 is 0 Å². The Kier molecular flexibility index (Phi) is 3.08. The van der Waals surface area contributed by atoms with Crippen LogP contribution < -0.4 is 5.56 Å². The fourth-order valence-electron chi connectivity index (χ4n) is 1.69. The van der Waals surface area contributed by atoms with E-state index in [1.54, 1.807) is 13.1 Å². The van der Waals surface area contributed by atoms with E-state index in [4.69, 9.17) is 0 Å². The van der Waals surface area contributed by atoms with E-state index < -0.39 is 0 Å². The van der Waals surface area contributed by atoms with Gasteiger partial charge < -0.3 is 4.98 Å². The highest BCUT2D eigenvalue weighted by Gasteiger charge is 2.10. The highest BCUT2D eigenvalue weighted by Crippen LogP contribution is 2.17. The van der Waals surface area contributed by atoms with Gasteiger partial charge in [-0.05, 0) is 13.8 Å². The molecule has 0 saturated carbocycles. The van der Waals surface area contributed by atoms with Gasteiger partial charge in [-0.2, -0.15) is 5.10 Å². The summed E-state index contributed by atoms with van der Waals surface area (Å²) < 4.78 is 1.82. The van der Waals surface area contributed by atoms with Crippen LogP contribution in [0.3, 0.4) is 0 Å². The zero-order valence-electron chi connectivity index (χ0n) is 10.3. The Morgan fingerprint density at radius 3 is 2.76 bits per heavy atom. The molecule has 0 unspecified atom stereocenters. The molecule has 0 saturated heterocycles. The second-order valence-electron chi connectivity index (χ2n) is 3.92. The fourth-order valence-corrected chi connectivity index (χ4v) is 1.69. The molecule has 0 aromatic carbocycles. The quantitative estimate of drug-likeness (QED) is 0.872. The molecule has 90 valence electrons. The summed E-state index contributed by atoms with van der Waals surface area (Å²) in [5, 5.41) is 4.20. The molecule has 2 rings (SSSR count). The van der Waals surface area contributed by atoms with E-state index in [-0.39, 0.29) is 5.56 Å². The average Bonchev–Trinajstić information content (AvgIpc) is 2.81. The van der Waals surface area contributed by atoms with Gasteiger partial charge in [0.1, 0.15) is 5.82 Å². The molecule has 2 heterocycles. The molecule has 5 nitrogen and oxygen atoms in total. The second kappa shape index (κ2) is 4.53. The number of rotatable bonds is 3. The number of nitrogens with one attached hydrogen (secondary N) is 1. The summed E-state index contributed by atoms with van der Waals surface area (Å²) in [6.45, 7) is 6.58. The van der Waals surface area contributed by atoms with Gasteiger partial charge in [-0.15, -0.1) is 0 Å². The van der Waals surface area contributed by atoms with Gasteiger partial charge in [0.05, 0.1) is 11.9 Å². The van der Waals surface area contributed by atoms with Crippen molar-refractivity contribution < 1.29 is 0 Å². The van der Waals surface area contributed by atoms with Crippen LogP contribution in [0.15, 0.2) is 17.2 Å². The Balaban J connectivity index is 2.57. The summed E-state index contributed by atoms with van der Waals surface area (Å²) in [7, 11) is 0. The first-order chi connectivity index (χ1) is 8.15. The van der Waals surface area contributed by atoms with Crippen molar-refractivity contribution in [3.05, 3.63) is 34.1 Å². The van der Waals surface area contributed by atoms with Crippen LogP contribution in [0.5, 0.6) is 0 Å². The topological polar surface area (TPSA) is 63.6 Å². The summed E-state index contributed by atoms with van der Waals surface area (Å²) in [5.41, 5.74) is 2.18. The minimum atomic E-state index is -0.0731. The monoisotopic (exact) mass is 232 g/mol. The molecule has 0 bridgehead atoms. The summed E-state index contributed by atoms with van der Waals surface area (Å²) in [5.74, 6) is 0.708. The molecule has 1 N–H and O–H groups in total.